The second-order valence-electron chi connectivity index (χ2n) is 6.78. The number of amides is 1. The van der Waals surface area contributed by atoms with Gasteiger partial charge in [-0.3, -0.25) is 9.89 Å². The lowest BCUT2D eigenvalue weighted by molar-refractivity contribution is -0.122. The third-order valence-electron chi connectivity index (χ3n) is 4.99. The average molecular weight is 434 g/mol. The van der Waals surface area contributed by atoms with E-state index in [1.165, 1.54) is 0 Å². The van der Waals surface area contributed by atoms with Crippen LogP contribution in [-0.4, -0.2) is 50.9 Å². The van der Waals surface area contributed by atoms with Crippen molar-refractivity contribution in [3.63, 3.8) is 0 Å². The fourth-order valence-electron chi connectivity index (χ4n) is 3.66. The first-order valence-electron chi connectivity index (χ1n) is 9.85. The van der Waals surface area contributed by atoms with Crippen molar-refractivity contribution in [2.75, 3.05) is 18.9 Å². The molecule has 0 unspecified atom stereocenters. The number of anilines is 1. The second kappa shape index (κ2) is 10.1. The molecule has 32 heavy (non-hydrogen) atoms. The SMILES string of the molecule is CCOC(=O)N1CCc2nc(N)c(C#N)c(-c3cn[nH]c3-c3ccccc3)c2C1.O=CO. The minimum absolute atomic E-state index is 0.186. The van der Waals surface area contributed by atoms with Gasteiger partial charge in [0.05, 0.1) is 30.7 Å². The summed E-state index contributed by atoms with van der Waals surface area (Å²) in [5, 5.41) is 23.9. The molecule has 10 nitrogen and oxygen atoms in total. The molecule has 4 N–H and O–H groups in total. The van der Waals surface area contributed by atoms with E-state index in [4.69, 9.17) is 20.4 Å². The first kappa shape index (κ1) is 22.3. The number of carboxylic acid groups (broad SMARTS) is 1. The van der Waals surface area contributed by atoms with Crippen LogP contribution in [0.25, 0.3) is 22.4 Å². The molecule has 4 rings (SSSR count). The zero-order valence-electron chi connectivity index (χ0n) is 17.4. The number of aromatic amines is 1. The molecule has 0 fully saturated rings. The number of nitrogens with two attached hydrogens (primary N) is 1. The second-order valence-corrected chi connectivity index (χ2v) is 6.78. The van der Waals surface area contributed by atoms with Crippen LogP contribution in [0.2, 0.25) is 0 Å². The molecular formula is C22H22N6O4. The van der Waals surface area contributed by atoms with Crippen LogP contribution in [0.3, 0.4) is 0 Å². The van der Waals surface area contributed by atoms with Crippen LogP contribution < -0.4 is 5.73 Å². The van der Waals surface area contributed by atoms with Crippen molar-refractivity contribution in [1.82, 2.24) is 20.1 Å². The molecule has 2 aromatic heterocycles. The summed E-state index contributed by atoms with van der Waals surface area (Å²) in [7, 11) is 0. The Labute approximate surface area is 184 Å². The van der Waals surface area contributed by atoms with Crippen LogP contribution in [0, 0.1) is 11.3 Å². The quantitative estimate of drug-likeness (QED) is 0.531. The van der Waals surface area contributed by atoms with Gasteiger partial charge in [-0.15, -0.1) is 0 Å². The third kappa shape index (κ3) is 4.37. The third-order valence-corrected chi connectivity index (χ3v) is 4.99. The van der Waals surface area contributed by atoms with Crippen LogP contribution in [0.1, 0.15) is 23.7 Å². The van der Waals surface area contributed by atoms with Crippen LogP contribution in [0.5, 0.6) is 0 Å². The molecule has 0 radical (unpaired) electrons. The van der Waals surface area contributed by atoms with E-state index in [0.717, 1.165) is 28.1 Å². The normalized spacial score (nSPS) is 12.1. The van der Waals surface area contributed by atoms with Gasteiger partial charge in [-0.1, -0.05) is 30.3 Å². The van der Waals surface area contributed by atoms with Crippen LogP contribution in [-0.2, 0) is 22.5 Å². The maximum Gasteiger partial charge on any atom is 0.410 e. The highest BCUT2D eigenvalue weighted by Gasteiger charge is 2.29. The Morgan fingerprint density at radius 1 is 1.41 bits per heavy atom. The van der Waals surface area contributed by atoms with E-state index in [9.17, 15) is 10.1 Å². The molecule has 10 heteroatoms. The minimum atomic E-state index is -0.380. The van der Waals surface area contributed by atoms with Gasteiger partial charge in [-0.05, 0) is 6.92 Å². The van der Waals surface area contributed by atoms with Gasteiger partial charge in [0.2, 0.25) is 0 Å². The summed E-state index contributed by atoms with van der Waals surface area (Å²) in [6.45, 7) is 2.61. The molecular weight excluding hydrogens is 412 g/mol. The van der Waals surface area contributed by atoms with Gasteiger partial charge in [-0.2, -0.15) is 10.4 Å². The zero-order chi connectivity index (χ0) is 23.1. The number of ether oxygens (including phenoxy) is 1. The first-order valence-corrected chi connectivity index (χ1v) is 9.85. The van der Waals surface area contributed by atoms with Gasteiger partial charge < -0.3 is 20.5 Å². The highest BCUT2D eigenvalue weighted by molar-refractivity contribution is 5.88. The highest BCUT2D eigenvalue weighted by Crippen LogP contribution is 2.39. The minimum Gasteiger partial charge on any atom is -0.483 e. The summed E-state index contributed by atoms with van der Waals surface area (Å²) in [5.74, 6) is 0.186. The van der Waals surface area contributed by atoms with Crippen molar-refractivity contribution in [2.24, 2.45) is 0 Å². The maximum absolute atomic E-state index is 12.3. The average Bonchev–Trinajstić information content (AvgIpc) is 3.28. The lowest BCUT2D eigenvalue weighted by Crippen LogP contribution is -2.37. The van der Waals surface area contributed by atoms with Gasteiger partial charge in [0, 0.05) is 35.2 Å². The van der Waals surface area contributed by atoms with E-state index in [2.05, 4.69) is 21.3 Å². The number of fused-ring (bicyclic) bond motifs is 1. The van der Waals surface area contributed by atoms with E-state index in [0.29, 0.717) is 31.7 Å². The van der Waals surface area contributed by atoms with Crippen molar-refractivity contribution in [3.8, 4) is 28.5 Å². The number of nitriles is 1. The molecule has 164 valence electrons. The summed E-state index contributed by atoms with van der Waals surface area (Å²) in [6, 6.07) is 11.9. The molecule has 1 amide bonds. The summed E-state index contributed by atoms with van der Waals surface area (Å²) in [5.41, 5.74) is 11.1. The van der Waals surface area contributed by atoms with E-state index in [1.807, 2.05) is 30.3 Å². The lowest BCUT2D eigenvalue weighted by Gasteiger charge is -2.29. The molecule has 0 bridgehead atoms. The number of pyridine rings is 1. The van der Waals surface area contributed by atoms with Crippen molar-refractivity contribution in [1.29, 1.82) is 5.26 Å². The molecule has 0 saturated carbocycles. The summed E-state index contributed by atoms with van der Waals surface area (Å²) in [4.78, 5) is 26.7. The number of hydrogen-bond acceptors (Lipinski definition) is 7. The van der Waals surface area contributed by atoms with Gasteiger partial charge in [0.1, 0.15) is 17.5 Å². The molecule has 3 heterocycles. The number of carbonyl (C=O) groups excluding carboxylic acids is 1. The van der Waals surface area contributed by atoms with E-state index in [-0.39, 0.29) is 23.9 Å². The number of nitrogens with zero attached hydrogens (tertiary/aromatic N) is 4. The number of H-pyrrole nitrogens is 1. The van der Waals surface area contributed by atoms with Gasteiger partial charge >= 0.3 is 6.09 Å². The smallest absolute Gasteiger partial charge is 0.410 e. The fourth-order valence-corrected chi connectivity index (χ4v) is 3.66. The lowest BCUT2D eigenvalue weighted by atomic mass is 9.90. The maximum atomic E-state index is 12.3. The number of nitrogen functional groups attached to an aromatic ring is 1. The summed E-state index contributed by atoms with van der Waals surface area (Å²) < 4.78 is 5.16. The molecule has 0 aliphatic carbocycles. The van der Waals surface area contributed by atoms with Gasteiger partial charge in [0.15, 0.2) is 0 Å². The number of carbonyl (C=O) groups is 2. The van der Waals surface area contributed by atoms with E-state index in [1.54, 1.807) is 18.0 Å². The standard InChI is InChI=1S/C21H20N6O2.CH2O2/c1-2-29-21(28)27-9-8-17-16(12-27)18(14(10-22)20(23)25-17)15-11-24-26-19(15)13-6-4-3-5-7-13;2-1-3/h3-7,11H,2,8-9,12H2,1H3,(H2,23,25)(H,24,26);1H,(H,2,3). The van der Waals surface area contributed by atoms with Crippen molar-refractivity contribution in [2.45, 2.75) is 19.9 Å². The predicted molar refractivity (Wildman–Crippen MR) is 116 cm³/mol. The van der Waals surface area contributed by atoms with Crippen LogP contribution in [0.15, 0.2) is 36.5 Å². The number of nitrogens with one attached hydrogen (secondary N) is 1. The number of benzene rings is 1. The van der Waals surface area contributed by atoms with Crippen LogP contribution in [0.4, 0.5) is 10.6 Å². The largest absolute Gasteiger partial charge is 0.483 e. The predicted octanol–water partition coefficient (Wildman–Crippen LogP) is 2.81. The Morgan fingerprint density at radius 3 is 2.78 bits per heavy atom. The van der Waals surface area contributed by atoms with Crippen LogP contribution >= 0.6 is 0 Å². The Bertz CT molecular complexity index is 1150. The zero-order valence-corrected chi connectivity index (χ0v) is 17.4. The number of hydrogen-bond donors (Lipinski definition) is 3. The van der Waals surface area contributed by atoms with Crippen molar-refractivity contribution in [3.05, 3.63) is 53.3 Å². The molecule has 1 aliphatic rings. The number of rotatable bonds is 3. The first-order chi connectivity index (χ1) is 15.5. The highest BCUT2D eigenvalue weighted by atomic mass is 16.6. The van der Waals surface area contributed by atoms with E-state index >= 15 is 0 Å². The topological polar surface area (TPSA) is 158 Å². The fraction of sp³-hybridized carbons (Fsp3) is 0.227. The Hall–Kier alpha value is -4.39. The number of aromatic nitrogens is 3. The molecule has 3 aromatic rings. The van der Waals surface area contributed by atoms with Gasteiger partial charge in [-0.25, -0.2) is 9.78 Å². The summed E-state index contributed by atoms with van der Waals surface area (Å²) >= 11 is 0. The molecule has 0 saturated heterocycles. The molecule has 0 atom stereocenters. The molecule has 0 spiro atoms. The monoisotopic (exact) mass is 434 g/mol. The Balaban J connectivity index is 0.000000913. The molecule has 1 aromatic carbocycles. The van der Waals surface area contributed by atoms with Gasteiger partial charge in [0.25, 0.3) is 6.47 Å². The Kier molecular flexibility index (Phi) is 7.02. The van der Waals surface area contributed by atoms with Crippen molar-refractivity contribution < 1.29 is 19.4 Å². The Morgan fingerprint density at radius 2 is 2.12 bits per heavy atom. The van der Waals surface area contributed by atoms with Crippen molar-refractivity contribution >= 4 is 18.4 Å². The molecule has 1 aliphatic heterocycles. The van der Waals surface area contributed by atoms with E-state index < -0.39 is 0 Å². The summed E-state index contributed by atoms with van der Waals surface area (Å²) in [6.07, 6.45) is 1.84.